The van der Waals surface area contributed by atoms with Gasteiger partial charge >= 0.3 is 0 Å². The van der Waals surface area contributed by atoms with Crippen LogP contribution >= 0.6 is 0 Å². The number of rotatable bonds is 3. The van der Waals surface area contributed by atoms with Crippen molar-refractivity contribution in [2.45, 2.75) is 20.8 Å². The maximum atomic E-state index is 5.52. The highest BCUT2D eigenvalue weighted by molar-refractivity contribution is 5.21. The van der Waals surface area contributed by atoms with Crippen LogP contribution in [0.1, 0.15) is 20.8 Å². The van der Waals surface area contributed by atoms with Gasteiger partial charge in [-0.15, -0.1) is 0 Å². The summed E-state index contributed by atoms with van der Waals surface area (Å²) in [6.45, 7) is 9.97. The predicted molar refractivity (Wildman–Crippen MR) is 51.1 cm³/mol. The van der Waals surface area contributed by atoms with Gasteiger partial charge in [0, 0.05) is 5.70 Å². The lowest BCUT2D eigenvalue weighted by atomic mass is 10.1. The van der Waals surface area contributed by atoms with E-state index in [0.717, 1.165) is 0 Å². The van der Waals surface area contributed by atoms with Gasteiger partial charge in [-0.1, -0.05) is 32.1 Å². The van der Waals surface area contributed by atoms with Crippen LogP contribution in [0.2, 0.25) is 0 Å². The van der Waals surface area contributed by atoms with E-state index in [2.05, 4.69) is 27.4 Å². The summed E-state index contributed by atoms with van der Waals surface area (Å²) in [7, 11) is 0. The Labute approximate surface area is 69.3 Å². The summed E-state index contributed by atoms with van der Waals surface area (Å²) >= 11 is 0. The van der Waals surface area contributed by atoms with Crippen molar-refractivity contribution >= 4 is 0 Å². The largest absolute Gasteiger partial charge is 0.399 e. The molecule has 0 aliphatic heterocycles. The molecule has 0 spiro atoms. The fourth-order valence-corrected chi connectivity index (χ4v) is 0.488. The summed E-state index contributed by atoms with van der Waals surface area (Å²) < 4.78 is 0. The van der Waals surface area contributed by atoms with E-state index in [4.69, 9.17) is 5.73 Å². The van der Waals surface area contributed by atoms with E-state index in [-0.39, 0.29) is 0 Å². The first-order chi connectivity index (χ1) is 5.07. The molecule has 0 aliphatic rings. The molecule has 0 atom stereocenters. The Morgan fingerprint density at radius 1 is 1.36 bits per heavy atom. The molecule has 62 valence electrons. The molecule has 0 fully saturated rings. The normalized spacial score (nSPS) is 13.8. The van der Waals surface area contributed by atoms with Crippen LogP contribution in [0.4, 0.5) is 0 Å². The Morgan fingerprint density at radius 2 is 1.91 bits per heavy atom. The first kappa shape index (κ1) is 10.0. The van der Waals surface area contributed by atoms with Gasteiger partial charge in [-0.2, -0.15) is 0 Å². The smallest absolute Gasteiger partial charge is 0.0308 e. The molecule has 1 nitrogen and oxygen atoms in total. The minimum atomic E-state index is 0.587. The van der Waals surface area contributed by atoms with Gasteiger partial charge in [-0.05, 0) is 25.0 Å². The first-order valence-corrected chi connectivity index (χ1v) is 3.84. The second-order valence-electron chi connectivity index (χ2n) is 2.94. The molecular weight excluding hydrogens is 134 g/mol. The van der Waals surface area contributed by atoms with Crippen molar-refractivity contribution in [2.75, 3.05) is 0 Å². The third-order valence-corrected chi connectivity index (χ3v) is 1.69. The van der Waals surface area contributed by atoms with Crippen molar-refractivity contribution in [3.8, 4) is 0 Å². The van der Waals surface area contributed by atoms with Crippen molar-refractivity contribution in [1.29, 1.82) is 0 Å². The highest BCUT2D eigenvalue weighted by Gasteiger charge is 1.92. The number of allylic oxidation sites excluding steroid dienone is 4. The minimum absolute atomic E-state index is 0.587. The Morgan fingerprint density at radius 3 is 2.27 bits per heavy atom. The van der Waals surface area contributed by atoms with Gasteiger partial charge in [0.2, 0.25) is 0 Å². The van der Waals surface area contributed by atoms with Crippen LogP contribution in [0.3, 0.4) is 0 Å². The standard InChI is InChI=1S/C10H17N/c1-5-10(11)7-6-9(4)8(2)3/h5-8H,1,11H2,2-4H3/b9-6+,10-7+. The monoisotopic (exact) mass is 151 g/mol. The maximum Gasteiger partial charge on any atom is 0.0308 e. The molecule has 0 unspecified atom stereocenters. The SMILES string of the molecule is C=C/C(N)=C\C=C(/C)C(C)C. The van der Waals surface area contributed by atoms with Crippen molar-refractivity contribution in [2.24, 2.45) is 11.7 Å². The molecule has 1 heteroatoms. The third kappa shape index (κ3) is 4.43. The van der Waals surface area contributed by atoms with Crippen LogP contribution in [0.5, 0.6) is 0 Å². The zero-order valence-corrected chi connectivity index (χ0v) is 7.59. The molecule has 0 rings (SSSR count). The molecule has 2 N–H and O–H groups in total. The van der Waals surface area contributed by atoms with Gasteiger partial charge < -0.3 is 5.73 Å². The van der Waals surface area contributed by atoms with E-state index < -0.39 is 0 Å². The van der Waals surface area contributed by atoms with Gasteiger partial charge in [0.15, 0.2) is 0 Å². The average Bonchev–Trinajstić information content (AvgIpc) is 1.99. The van der Waals surface area contributed by atoms with Gasteiger partial charge in [0.25, 0.3) is 0 Å². The van der Waals surface area contributed by atoms with Crippen LogP contribution < -0.4 is 5.73 Å². The van der Waals surface area contributed by atoms with Crippen molar-refractivity contribution in [3.63, 3.8) is 0 Å². The summed E-state index contributed by atoms with van der Waals surface area (Å²) in [5, 5.41) is 0. The molecule has 0 aliphatic carbocycles. The van der Waals surface area contributed by atoms with Crippen LogP contribution in [-0.4, -0.2) is 0 Å². The van der Waals surface area contributed by atoms with Gasteiger partial charge in [0.1, 0.15) is 0 Å². The van der Waals surface area contributed by atoms with Gasteiger partial charge in [-0.3, -0.25) is 0 Å². The Hall–Kier alpha value is -0.980. The van der Waals surface area contributed by atoms with Crippen molar-refractivity contribution in [3.05, 3.63) is 36.1 Å². The molecule has 0 heterocycles. The predicted octanol–water partition coefficient (Wildman–Crippen LogP) is 2.62. The molecule has 0 bridgehead atoms. The quantitative estimate of drug-likeness (QED) is 0.616. The topological polar surface area (TPSA) is 26.0 Å². The fourth-order valence-electron chi connectivity index (χ4n) is 0.488. The fraction of sp³-hybridized carbons (Fsp3) is 0.400. The van der Waals surface area contributed by atoms with E-state index in [9.17, 15) is 0 Å². The van der Waals surface area contributed by atoms with Gasteiger partial charge in [-0.25, -0.2) is 0 Å². The van der Waals surface area contributed by atoms with E-state index in [1.807, 2.05) is 12.2 Å². The highest BCUT2D eigenvalue weighted by Crippen LogP contribution is 2.07. The van der Waals surface area contributed by atoms with E-state index in [1.165, 1.54) is 5.57 Å². The third-order valence-electron chi connectivity index (χ3n) is 1.69. The van der Waals surface area contributed by atoms with Crippen molar-refractivity contribution < 1.29 is 0 Å². The zero-order chi connectivity index (χ0) is 8.85. The summed E-state index contributed by atoms with van der Waals surface area (Å²) in [5.74, 6) is 0.587. The maximum absolute atomic E-state index is 5.52. The molecule has 0 aromatic heterocycles. The summed E-state index contributed by atoms with van der Waals surface area (Å²) in [6, 6.07) is 0. The van der Waals surface area contributed by atoms with E-state index in [0.29, 0.717) is 11.6 Å². The van der Waals surface area contributed by atoms with Crippen LogP contribution in [-0.2, 0) is 0 Å². The second-order valence-corrected chi connectivity index (χ2v) is 2.94. The molecule has 0 aromatic carbocycles. The van der Waals surface area contributed by atoms with Crippen LogP contribution in [0.15, 0.2) is 36.1 Å². The highest BCUT2D eigenvalue weighted by atomic mass is 14.5. The van der Waals surface area contributed by atoms with E-state index in [1.54, 1.807) is 6.08 Å². The summed E-state index contributed by atoms with van der Waals surface area (Å²) in [5.41, 5.74) is 7.56. The number of nitrogens with two attached hydrogens (primary N) is 1. The lowest BCUT2D eigenvalue weighted by Gasteiger charge is -2.01. The summed E-state index contributed by atoms with van der Waals surface area (Å²) in [4.78, 5) is 0. The minimum Gasteiger partial charge on any atom is -0.399 e. The van der Waals surface area contributed by atoms with E-state index >= 15 is 0 Å². The molecule has 0 amide bonds. The molecular formula is C10H17N. The lowest BCUT2D eigenvalue weighted by Crippen LogP contribution is -1.92. The lowest BCUT2D eigenvalue weighted by molar-refractivity contribution is 0.769. The number of hydrogen-bond donors (Lipinski definition) is 1. The Kier molecular flexibility index (Phi) is 4.35. The molecule has 0 aromatic rings. The Balaban J connectivity index is 4.22. The first-order valence-electron chi connectivity index (χ1n) is 3.84. The Bertz CT molecular complexity index is 185. The average molecular weight is 151 g/mol. The number of hydrogen-bond acceptors (Lipinski definition) is 1. The van der Waals surface area contributed by atoms with Gasteiger partial charge in [0.05, 0.1) is 0 Å². The van der Waals surface area contributed by atoms with Crippen LogP contribution in [0.25, 0.3) is 0 Å². The molecule has 0 radical (unpaired) electrons. The van der Waals surface area contributed by atoms with Crippen molar-refractivity contribution in [1.82, 2.24) is 0 Å². The molecule has 0 saturated carbocycles. The zero-order valence-electron chi connectivity index (χ0n) is 7.59. The molecule has 0 saturated heterocycles. The van der Waals surface area contributed by atoms with Crippen LogP contribution in [0, 0.1) is 5.92 Å². The molecule has 11 heavy (non-hydrogen) atoms. The summed E-state index contributed by atoms with van der Waals surface area (Å²) in [6.07, 6.45) is 5.55. The second kappa shape index (κ2) is 4.78.